The molecule has 0 aliphatic carbocycles. The Balaban J connectivity index is 2.45. The molecular weight excluding hydrogens is 442 g/mol. The van der Waals surface area contributed by atoms with Gasteiger partial charge in [-0.05, 0) is 57.8 Å². The Labute approximate surface area is 130 Å². The van der Waals surface area contributed by atoms with Gasteiger partial charge in [-0.15, -0.1) is 11.3 Å². The first-order chi connectivity index (χ1) is 7.59. The highest BCUT2D eigenvalue weighted by atomic mass is 127. The third-order valence-electron chi connectivity index (χ3n) is 2.11. The maximum atomic E-state index is 6.12. The van der Waals surface area contributed by atoms with Gasteiger partial charge in [0, 0.05) is 13.5 Å². The Kier molecular flexibility index (Phi) is 4.58. The molecule has 0 aliphatic heterocycles. The number of halogens is 4. The molecule has 5 heteroatoms. The molecule has 84 valence electrons. The van der Waals surface area contributed by atoms with Crippen LogP contribution >= 0.6 is 73.1 Å². The van der Waals surface area contributed by atoms with Crippen molar-refractivity contribution < 1.29 is 0 Å². The van der Waals surface area contributed by atoms with Gasteiger partial charge in [-0.25, -0.2) is 0 Å². The van der Waals surface area contributed by atoms with Crippen molar-refractivity contribution in [2.45, 2.75) is 4.83 Å². The molecule has 2 aromatic rings. The molecule has 0 N–H and O–H groups in total. The standard InChI is InChI=1S/C11H6BrCl2IS/c12-10(11-8(14)3-4-16-11)7-5-6(13)1-2-9(7)15/h1-5,10H. The zero-order valence-electron chi connectivity index (χ0n) is 7.88. The second-order valence-electron chi connectivity index (χ2n) is 3.16. The molecule has 0 aliphatic rings. The van der Waals surface area contributed by atoms with Crippen LogP contribution < -0.4 is 0 Å². The molecule has 1 aromatic carbocycles. The van der Waals surface area contributed by atoms with Crippen molar-refractivity contribution in [1.82, 2.24) is 0 Å². The molecule has 1 heterocycles. The molecule has 0 radical (unpaired) electrons. The predicted octanol–water partition coefficient (Wildman–Crippen LogP) is 6.14. The summed E-state index contributed by atoms with van der Waals surface area (Å²) >= 11 is 19.7. The van der Waals surface area contributed by atoms with E-state index >= 15 is 0 Å². The van der Waals surface area contributed by atoms with Crippen LogP contribution in [0, 0.1) is 3.57 Å². The molecule has 0 saturated carbocycles. The fourth-order valence-electron chi connectivity index (χ4n) is 1.34. The van der Waals surface area contributed by atoms with Crippen molar-refractivity contribution in [3.63, 3.8) is 0 Å². The van der Waals surface area contributed by atoms with Gasteiger partial charge in [-0.2, -0.15) is 0 Å². The quantitative estimate of drug-likeness (QED) is 0.383. The molecule has 0 bridgehead atoms. The molecule has 1 aromatic heterocycles. The van der Waals surface area contributed by atoms with Crippen molar-refractivity contribution in [1.29, 1.82) is 0 Å². The minimum Gasteiger partial charge on any atom is -0.146 e. The zero-order valence-corrected chi connectivity index (χ0v) is 14.0. The minimum atomic E-state index is 0.102. The maximum Gasteiger partial charge on any atom is 0.0763 e. The van der Waals surface area contributed by atoms with Crippen LogP contribution in [0.1, 0.15) is 15.3 Å². The Morgan fingerprint density at radius 3 is 2.62 bits per heavy atom. The van der Waals surface area contributed by atoms with Gasteiger partial charge < -0.3 is 0 Å². The smallest absolute Gasteiger partial charge is 0.0763 e. The second-order valence-corrected chi connectivity index (χ2v) is 7.03. The lowest BCUT2D eigenvalue weighted by Gasteiger charge is -2.11. The SMILES string of the molecule is Clc1ccc(I)c(C(Br)c2sccc2Cl)c1. The first-order valence-corrected chi connectivity index (χ1v) is 8.04. The number of alkyl halides is 1. The van der Waals surface area contributed by atoms with E-state index in [9.17, 15) is 0 Å². The highest BCUT2D eigenvalue weighted by Crippen LogP contribution is 2.40. The van der Waals surface area contributed by atoms with Gasteiger partial charge in [0.2, 0.25) is 0 Å². The summed E-state index contributed by atoms with van der Waals surface area (Å²) in [5.74, 6) is 0. The molecule has 0 amide bonds. The molecule has 0 spiro atoms. The minimum absolute atomic E-state index is 0.102. The molecule has 0 nitrogen and oxygen atoms in total. The molecule has 2 rings (SSSR count). The Hall–Kier alpha value is 0.710. The van der Waals surface area contributed by atoms with Crippen LogP contribution in [0.25, 0.3) is 0 Å². The van der Waals surface area contributed by atoms with Gasteiger partial charge >= 0.3 is 0 Å². The Morgan fingerprint density at radius 2 is 2.00 bits per heavy atom. The number of benzene rings is 1. The summed E-state index contributed by atoms with van der Waals surface area (Å²) in [4.78, 5) is 1.22. The lowest BCUT2D eigenvalue weighted by atomic mass is 10.1. The van der Waals surface area contributed by atoms with Crippen LogP contribution in [-0.4, -0.2) is 0 Å². The normalized spacial score (nSPS) is 12.8. The molecule has 1 atom stereocenters. The lowest BCUT2D eigenvalue weighted by Crippen LogP contribution is -1.94. The Bertz CT molecular complexity index is 512. The third kappa shape index (κ3) is 2.75. The maximum absolute atomic E-state index is 6.12. The fourth-order valence-corrected chi connectivity index (χ4v) is 4.83. The summed E-state index contributed by atoms with van der Waals surface area (Å²) in [6.07, 6.45) is 0. The van der Waals surface area contributed by atoms with Gasteiger partial charge in [-0.1, -0.05) is 39.1 Å². The summed E-state index contributed by atoms with van der Waals surface area (Å²) in [5, 5.41) is 3.53. The predicted molar refractivity (Wildman–Crippen MR) is 84.3 cm³/mol. The van der Waals surface area contributed by atoms with Crippen molar-refractivity contribution >= 4 is 73.1 Å². The molecule has 16 heavy (non-hydrogen) atoms. The van der Waals surface area contributed by atoms with E-state index in [-0.39, 0.29) is 4.83 Å². The number of hydrogen-bond donors (Lipinski definition) is 0. The highest BCUT2D eigenvalue weighted by molar-refractivity contribution is 14.1. The van der Waals surface area contributed by atoms with E-state index in [1.807, 2.05) is 29.6 Å². The van der Waals surface area contributed by atoms with E-state index in [0.29, 0.717) is 0 Å². The first-order valence-electron chi connectivity index (χ1n) is 4.41. The van der Waals surface area contributed by atoms with Crippen molar-refractivity contribution in [3.8, 4) is 0 Å². The summed E-state index contributed by atoms with van der Waals surface area (Å²) in [6, 6.07) is 7.78. The van der Waals surface area contributed by atoms with Crippen LogP contribution in [0.5, 0.6) is 0 Å². The van der Waals surface area contributed by atoms with Crippen LogP contribution in [-0.2, 0) is 0 Å². The first kappa shape index (κ1) is 13.1. The average molecular weight is 448 g/mol. The Morgan fingerprint density at radius 1 is 1.25 bits per heavy atom. The number of hydrogen-bond acceptors (Lipinski definition) is 1. The van der Waals surface area contributed by atoms with Crippen LogP contribution in [0.15, 0.2) is 29.6 Å². The average Bonchev–Trinajstić information content (AvgIpc) is 2.67. The van der Waals surface area contributed by atoms with Crippen LogP contribution in [0.3, 0.4) is 0 Å². The number of thiophene rings is 1. The summed E-state index contributed by atoms with van der Waals surface area (Å²) in [7, 11) is 0. The van der Waals surface area contributed by atoms with Crippen molar-refractivity contribution in [3.05, 3.63) is 53.7 Å². The summed E-state index contributed by atoms with van der Waals surface area (Å²) in [5.41, 5.74) is 1.15. The van der Waals surface area contributed by atoms with Crippen molar-refractivity contribution in [2.75, 3.05) is 0 Å². The van der Waals surface area contributed by atoms with Crippen LogP contribution in [0.2, 0.25) is 10.0 Å². The molecule has 0 fully saturated rings. The molecule has 1 unspecified atom stereocenters. The molecule has 0 saturated heterocycles. The van der Waals surface area contributed by atoms with Gasteiger partial charge in [-0.3, -0.25) is 0 Å². The monoisotopic (exact) mass is 446 g/mol. The van der Waals surface area contributed by atoms with E-state index in [1.165, 1.54) is 3.57 Å². The topological polar surface area (TPSA) is 0 Å². The van der Waals surface area contributed by atoms with Gasteiger partial charge in [0.1, 0.15) is 0 Å². The van der Waals surface area contributed by atoms with Gasteiger partial charge in [0.25, 0.3) is 0 Å². The lowest BCUT2D eigenvalue weighted by molar-refractivity contribution is 1.21. The summed E-state index contributed by atoms with van der Waals surface area (Å²) in [6.45, 7) is 0. The van der Waals surface area contributed by atoms with E-state index in [0.717, 1.165) is 20.5 Å². The summed E-state index contributed by atoms with van der Waals surface area (Å²) < 4.78 is 1.17. The van der Waals surface area contributed by atoms with Crippen LogP contribution in [0.4, 0.5) is 0 Å². The third-order valence-corrected chi connectivity index (χ3v) is 6.00. The highest BCUT2D eigenvalue weighted by Gasteiger charge is 2.17. The van der Waals surface area contributed by atoms with E-state index in [1.54, 1.807) is 11.3 Å². The van der Waals surface area contributed by atoms with Gasteiger partial charge in [0.05, 0.1) is 9.85 Å². The van der Waals surface area contributed by atoms with E-state index in [2.05, 4.69) is 38.5 Å². The van der Waals surface area contributed by atoms with Crippen molar-refractivity contribution in [2.24, 2.45) is 0 Å². The largest absolute Gasteiger partial charge is 0.146 e. The fraction of sp³-hybridized carbons (Fsp3) is 0.0909. The number of rotatable bonds is 2. The molecular formula is C11H6BrCl2IS. The second kappa shape index (κ2) is 5.57. The van der Waals surface area contributed by atoms with E-state index < -0.39 is 0 Å². The zero-order chi connectivity index (χ0) is 11.7. The van der Waals surface area contributed by atoms with E-state index in [4.69, 9.17) is 23.2 Å². The van der Waals surface area contributed by atoms with Gasteiger partial charge in [0.15, 0.2) is 0 Å².